The monoisotopic (exact) mass is 538 g/mol. The number of ether oxygens (including phenoxy) is 1. The topological polar surface area (TPSA) is 30.9 Å². The second-order valence-electron chi connectivity index (χ2n) is 13.3. The van der Waals surface area contributed by atoms with Crippen LogP contribution in [0.25, 0.3) is 5.69 Å². The summed E-state index contributed by atoms with van der Waals surface area (Å²) < 4.78 is 10.9. The predicted molar refractivity (Wildman–Crippen MR) is 160 cm³/mol. The molecule has 1 aromatic heterocycles. The second-order valence-corrected chi connectivity index (χ2v) is 13.3. The second kappa shape index (κ2) is 12.2. The molecule has 212 valence electrons. The van der Waals surface area contributed by atoms with Gasteiger partial charge in [-0.1, -0.05) is 105 Å². The third-order valence-corrected chi connectivity index (χ3v) is 10.6. The van der Waals surface area contributed by atoms with Crippen LogP contribution < -0.4 is 4.57 Å². The molecule has 4 aliphatic rings. The summed E-state index contributed by atoms with van der Waals surface area (Å²) in [4.78, 5) is 0. The Hall–Kier alpha value is -2.46. The van der Waals surface area contributed by atoms with E-state index in [-0.39, 0.29) is 6.04 Å². The fourth-order valence-corrected chi connectivity index (χ4v) is 8.40. The molecule has 3 saturated carbocycles. The maximum Gasteiger partial charge on any atom is 0.304 e. The molecule has 4 heteroatoms. The van der Waals surface area contributed by atoms with Crippen molar-refractivity contribution in [1.82, 2.24) is 9.78 Å². The average Bonchev–Trinajstić information content (AvgIpc) is 3.47. The van der Waals surface area contributed by atoms with Crippen molar-refractivity contribution in [2.75, 3.05) is 6.61 Å². The van der Waals surface area contributed by atoms with Gasteiger partial charge in [0.25, 0.3) is 0 Å². The molecule has 0 N–H and O–H groups in total. The Morgan fingerprint density at radius 3 is 1.90 bits per heavy atom. The van der Waals surface area contributed by atoms with Gasteiger partial charge < -0.3 is 4.74 Å². The van der Waals surface area contributed by atoms with Gasteiger partial charge in [0.1, 0.15) is 18.3 Å². The van der Waals surface area contributed by atoms with E-state index in [2.05, 4.69) is 58.0 Å². The third-order valence-electron chi connectivity index (χ3n) is 10.6. The Balaban J connectivity index is 1.34. The molecule has 0 unspecified atom stereocenters. The van der Waals surface area contributed by atoms with Crippen molar-refractivity contribution < 1.29 is 9.30 Å². The van der Waals surface area contributed by atoms with Crippen molar-refractivity contribution in [1.29, 1.82) is 0 Å². The molecular formula is C36H48N3O+. The fraction of sp³-hybridized carbons (Fsp3) is 0.611. The number of benzene rings is 2. The molecule has 2 aromatic carbocycles. The molecule has 2 heterocycles. The van der Waals surface area contributed by atoms with Crippen molar-refractivity contribution in [3.8, 4) is 5.69 Å². The molecule has 3 fully saturated rings. The van der Waals surface area contributed by atoms with Gasteiger partial charge in [0.05, 0.1) is 6.61 Å². The van der Waals surface area contributed by atoms with Crippen molar-refractivity contribution in [3.05, 3.63) is 76.9 Å². The van der Waals surface area contributed by atoms with Crippen LogP contribution in [-0.2, 0) is 17.8 Å². The molecule has 3 aromatic rings. The normalized spacial score (nSPS) is 23.2. The first-order chi connectivity index (χ1) is 19.8. The molecular weight excluding hydrogens is 490 g/mol. The fourth-order valence-electron chi connectivity index (χ4n) is 8.40. The van der Waals surface area contributed by atoms with E-state index in [0.29, 0.717) is 18.4 Å². The highest BCUT2D eigenvalue weighted by Crippen LogP contribution is 2.45. The van der Waals surface area contributed by atoms with E-state index in [1.165, 1.54) is 108 Å². The van der Waals surface area contributed by atoms with E-state index >= 15 is 0 Å². The number of nitrogens with zero attached hydrogens (tertiary/aromatic N) is 3. The molecule has 0 spiro atoms. The van der Waals surface area contributed by atoms with Gasteiger partial charge in [0.15, 0.2) is 0 Å². The Morgan fingerprint density at radius 2 is 1.30 bits per heavy atom. The first kappa shape index (κ1) is 26.4. The molecule has 4 nitrogen and oxygen atoms in total. The molecule has 0 saturated heterocycles. The van der Waals surface area contributed by atoms with E-state index in [9.17, 15) is 0 Å². The molecule has 1 atom stereocenters. The van der Waals surface area contributed by atoms with Crippen LogP contribution >= 0.6 is 0 Å². The SMILES string of the molecule is c1ccc(C[C@H]2COCc3nn(-c4c(C5CCCCC5)cc(C5CCCCC5)cc4C4CCCCC4)c[n+]32)cc1. The largest absolute Gasteiger partial charge is 0.367 e. The van der Waals surface area contributed by atoms with Crippen LogP contribution in [0.15, 0.2) is 48.8 Å². The minimum Gasteiger partial charge on any atom is -0.367 e. The van der Waals surface area contributed by atoms with Crippen LogP contribution in [0.1, 0.15) is 148 Å². The van der Waals surface area contributed by atoms with Crippen LogP contribution in [-0.4, -0.2) is 16.4 Å². The summed E-state index contributed by atoms with van der Waals surface area (Å²) in [5.74, 6) is 3.15. The van der Waals surface area contributed by atoms with Gasteiger partial charge in [-0.15, -0.1) is 0 Å². The molecule has 1 aliphatic heterocycles. The average molecular weight is 539 g/mol. The van der Waals surface area contributed by atoms with Crippen LogP contribution in [0.4, 0.5) is 0 Å². The van der Waals surface area contributed by atoms with Crippen LogP contribution in [0, 0.1) is 0 Å². The minimum atomic E-state index is 0.290. The van der Waals surface area contributed by atoms with Gasteiger partial charge in [-0.05, 0) is 78.5 Å². The van der Waals surface area contributed by atoms with E-state index in [4.69, 9.17) is 9.84 Å². The molecule has 3 aliphatic carbocycles. The molecule has 0 bridgehead atoms. The van der Waals surface area contributed by atoms with Gasteiger partial charge >= 0.3 is 5.82 Å². The summed E-state index contributed by atoms with van der Waals surface area (Å²) in [6, 6.07) is 16.5. The third kappa shape index (κ3) is 5.53. The summed E-state index contributed by atoms with van der Waals surface area (Å²) in [5.41, 5.74) is 7.69. The first-order valence-corrected chi connectivity index (χ1v) is 16.6. The zero-order chi connectivity index (χ0) is 26.7. The Morgan fingerprint density at radius 1 is 0.725 bits per heavy atom. The van der Waals surface area contributed by atoms with Gasteiger partial charge in [-0.2, -0.15) is 0 Å². The van der Waals surface area contributed by atoms with Crippen molar-refractivity contribution in [2.45, 2.75) is 133 Å². The maximum atomic E-state index is 6.12. The lowest BCUT2D eigenvalue weighted by molar-refractivity contribution is -0.742. The molecule has 40 heavy (non-hydrogen) atoms. The van der Waals surface area contributed by atoms with Gasteiger partial charge in [-0.3, -0.25) is 0 Å². The highest BCUT2D eigenvalue weighted by atomic mass is 16.5. The quantitative estimate of drug-likeness (QED) is 0.294. The summed E-state index contributed by atoms with van der Waals surface area (Å²) in [7, 11) is 0. The lowest BCUT2D eigenvalue weighted by Gasteiger charge is -2.31. The summed E-state index contributed by atoms with van der Waals surface area (Å²) in [6.45, 7) is 1.36. The minimum absolute atomic E-state index is 0.290. The summed E-state index contributed by atoms with van der Waals surface area (Å²) >= 11 is 0. The smallest absolute Gasteiger partial charge is 0.304 e. The molecule has 0 radical (unpaired) electrons. The number of hydrogen-bond donors (Lipinski definition) is 0. The lowest BCUT2D eigenvalue weighted by atomic mass is 9.75. The molecule has 0 amide bonds. The Bertz CT molecular complexity index is 1220. The van der Waals surface area contributed by atoms with E-state index in [1.54, 1.807) is 16.7 Å². The highest BCUT2D eigenvalue weighted by molar-refractivity contribution is 5.54. The highest BCUT2D eigenvalue weighted by Gasteiger charge is 2.35. The van der Waals surface area contributed by atoms with Crippen LogP contribution in [0.5, 0.6) is 0 Å². The molecule has 7 rings (SSSR count). The zero-order valence-electron chi connectivity index (χ0n) is 24.4. The van der Waals surface area contributed by atoms with Crippen molar-refractivity contribution >= 4 is 0 Å². The predicted octanol–water partition coefficient (Wildman–Crippen LogP) is 8.62. The van der Waals surface area contributed by atoms with Crippen molar-refractivity contribution in [2.24, 2.45) is 0 Å². The zero-order valence-corrected chi connectivity index (χ0v) is 24.4. The van der Waals surface area contributed by atoms with E-state index in [1.807, 2.05) is 0 Å². The number of fused-ring (bicyclic) bond motifs is 1. The number of hydrogen-bond acceptors (Lipinski definition) is 2. The van der Waals surface area contributed by atoms with Crippen LogP contribution in [0.2, 0.25) is 0 Å². The lowest BCUT2D eigenvalue weighted by Crippen LogP contribution is -2.48. The standard InChI is InChI=1S/C36H48N3O/c1-5-13-27(14-6-1)21-32-24-40-25-35-37-39(26-38(32)35)36-33(29-17-9-3-10-18-29)22-31(28-15-7-2-8-16-28)23-34(36)30-19-11-4-12-20-30/h1,5-6,13-14,22-23,26,28-30,32H,2-4,7-12,15-21,24-25H2/q+1/t32-/m0/s1. The van der Waals surface area contributed by atoms with Gasteiger partial charge in [0.2, 0.25) is 6.33 Å². The van der Waals surface area contributed by atoms with Crippen molar-refractivity contribution in [3.63, 3.8) is 0 Å². The number of aromatic nitrogens is 3. The van der Waals surface area contributed by atoms with Gasteiger partial charge in [0, 0.05) is 11.5 Å². The first-order valence-electron chi connectivity index (χ1n) is 16.6. The van der Waals surface area contributed by atoms with E-state index in [0.717, 1.165) is 24.8 Å². The van der Waals surface area contributed by atoms with Crippen LogP contribution in [0.3, 0.4) is 0 Å². The Kier molecular flexibility index (Phi) is 8.06. The van der Waals surface area contributed by atoms with Gasteiger partial charge in [-0.25, -0.2) is 4.57 Å². The summed E-state index contributed by atoms with van der Waals surface area (Å²) in [5, 5.41) is 5.32. The summed E-state index contributed by atoms with van der Waals surface area (Å²) in [6.07, 6.45) is 23.9. The Labute approximate surface area is 241 Å². The number of rotatable bonds is 6. The maximum absolute atomic E-state index is 6.12. The van der Waals surface area contributed by atoms with E-state index < -0.39 is 0 Å².